The molecule has 0 saturated carbocycles. The molecule has 1 atom stereocenters. The van der Waals surface area contributed by atoms with Crippen molar-refractivity contribution in [2.45, 2.75) is 39.7 Å². The third-order valence-electron chi connectivity index (χ3n) is 3.45. The maximum Gasteiger partial charge on any atom is 0.293 e. The summed E-state index contributed by atoms with van der Waals surface area (Å²) >= 11 is 0. The Morgan fingerprint density at radius 1 is 1.36 bits per heavy atom. The average molecular weight is 309 g/mol. The minimum Gasteiger partial charge on any atom is -0.478 e. The molecular weight excluding hydrogens is 282 g/mol. The van der Waals surface area contributed by atoms with Gasteiger partial charge in [0.1, 0.15) is 0 Å². The molecule has 0 aromatic carbocycles. The van der Waals surface area contributed by atoms with Crippen LogP contribution in [0.4, 0.5) is 0 Å². The third kappa shape index (κ3) is 4.87. The Bertz CT molecular complexity index is 522. The number of carbonyl (C=O) groups is 1. The van der Waals surface area contributed by atoms with Gasteiger partial charge in [-0.15, -0.1) is 0 Å². The van der Waals surface area contributed by atoms with Crippen LogP contribution in [0.3, 0.4) is 0 Å². The van der Waals surface area contributed by atoms with Crippen molar-refractivity contribution in [2.24, 2.45) is 5.73 Å². The molecular formula is C16H27N3O3. The molecule has 6 heteroatoms. The topological polar surface area (TPSA) is 77.6 Å². The average Bonchev–Trinajstić information content (AvgIpc) is 2.52. The molecule has 1 heterocycles. The summed E-state index contributed by atoms with van der Waals surface area (Å²) in [4.78, 5) is 26.2. The molecule has 1 aromatic heterocycles. The van der Waals surface area contributed by atoms with Crippen LogP contribution in [0.25, 0.3) is 0 Å². The van der Waals surface area contributed by atoms with Gasteiger partial charge in [-0.2, -0.15) is 0 Å². The molecule has 0 saturated heterocycles. The number of aromatic nitrogens is 1. The molecule has 1 unspecified atom stereocenters. The Balaban J connectivity index is 2.75. The van der Waals surface area contributed by atoms with E-state index >= 15 is 0 Å². The fourth-order valence-electron chi connectivity index (χ4n) is 2.19. The lowest BCUT2D eigenvalue weighted by Crippen LogP contribution is -2.37. The van der Waals surface area contributed by atoms with Crippen LogP contribution < -0.4 is 16.0 Å². The Hall–Kier alpha value is -1.82. The quantitative estimate of drug-likeness (QED) is 0.748. The molecule has 1 rings (SSSR count). The second kappa shape index (κ2) is 9.25. The number of amides is 1. The van der Waals surface area contributed by atoms with Gasteiger partial charge < -0.3 is 19.9 Å². The summed E-state index contributed by atoms with van der Waals surface area (Å²) in [5.74, 6) is 0.0921. The Morgan fingerprint density at radius 3 is 2.55 bits per heavy atom. The van der Waals surface area contributed by atoms with Crippen molar-refractivity contribution >= 4 is 5.91 Å². The Kier molecular flexibility index (Phi) is 7.66. The molecule has 6 nitrogen and oxygen atoms in total. The van der Waals surface area contributed by atoms with Crippen LogP contribution in [-0.2, 0) is 4.79 Å². The molecule has 0 fully saturated rings. The minimum absolute atomic E-state index is 0.0922. The second-order valence-electron chi connectivity index (χ2n) is 5.34. The van der Waals surface area contributed by atoms with E-state index < -0.39 is 0 Å². The van der Waals surface area contributed by atoms with E-state index in [1.807, 2.05) is 20.8 Å². The molecule has 2 N–H and O–H groups in total. The van der Waals surface area contributed by atoms with E-state index in [1.54, 1.807) is 23.2 Å². The van der Waals surface area contributed by atoms with Gasteiger partial charge in [-0.3, -0.25) is 9.59 Å². The lowest BCUT2D eigenvalue weighted by Gasteiger charge is -2.21. The van der Waals surface area contributed by atoms with Crippen molar-refractivity contribution in [3.05, 3.63) is 28.7 Å². The molecule has 22 heavy (non-hydrogen) atoms. The first-order valence-electron chi connectivity index (χ1n) is 7.86. The van der Waals surface area contributed by atoms with E-state index in [1.165, 1.54) is 4.57 Å². The second-order valence-corrected chi connectivity index (χ2v) is 5.34. The van der Waals surface area contributed by atoms with Gasteiger partial charge >= 0.3 is 0 Å². The van der Waals surface area contributed by atoms with Crippen molar-refractivity contribution in [2.75, 3.05) is 26.2 Å². The lowest BCUT2D eigenvalue weighted by atomic mass is 10.3. The lowest BCUT2D eigenvalue weighted by molar-refractivity contribution is -0.133. The Labute approximate surface area is 131 Å². The molecule has 124 valence electrons. The number of hydrogen-bond acceptors (Lipinski definition) is 4. The van der Waals surface area contributed by atoms with Crippen LogP contribution in [0.5, 0.6) is 5.75 Å². The summed E-state index contributed by atoms with van der Waals surface area (Å²) < 4.78 is 6.97. The summed E-state index contributed by atoms with van der Waals surface area (Å²) in [6.07, 6.45) is 3.48. The zero-order valence-corrected chi connectivity index (χ0v) is 13.7. The van der Waals surface area contributed by atoms with Gasteiger partial charge in [0.05, 0.1) is 0 Å². The fraction of sp³-hybridized carbons (Fsp3) is 0.625. The first-order chi connectivity index (χ1) is 10.5. The molecule has 0 aliphatic heterocycles. The highest BCUT2D eigenvalue weighted by Crippen LogP contribution is 2.07. The standard InChI is InChI=1S/C16H27N3O3/c1-4-8-18(9-5-2)15(20)12-22-14-7-6-10-19(16(14)21)13(3)11-17/h6-7,10,13H,4-5,8-9,11-12,17H2,1-3H3. The Morgan fingerprint density at radius 2 is 2.00 bits per heavy atom. The van der Waals surface area contributed by atoms with E-state index in [9.17, 15) is 9.59 Å². The van der Waals surface area contributed by atoms with Gasteiger partial charge in [0.25, 0.3) is 11.5 Å². The number of rotatable bonds is 9. The highest BCUT2D eigenvalue weighted by atomic mass is 16.5. The zero-order valence-electron chi connectivity index (χ0n) is 13.7. The van der Waals surface area contributed by atoms with Gasteiger partial charge in [-0.05, 0) is 31.9 Å². The van der Waals surface area contributed by atoms with Gasteiger partial charge in [-0.1, -0.05) is 13.8 Å². The highest BCUT2D eigenvalue weighted by molar-refractivity contribution is 5.77. The van der Waals surface area contributed by atoms with E-state index in [2.05, 4.69) is 0 Å². The van der Waals surface area contributed by atoms with Crippen LogP contribution >= 0.6 is 0 Å². The maximum absolute atomic E-state index is 12.3. The zero-order chi connectivity index (χ0) is 16.5. The summed E-state index contributed by atoms with van der Waals surface area (Å²) in [5, 5.41) is 0. The number of nitrogens with two attached hydrogens (primary N) is 1. The molecule has 1 aromatic rings. The first kappa shape index (κ1) is 18.2. The van der Waals surface area contributed by atoms with Gasteiger partial charge in [0.15, 0.2) is 12.4 Å². The molecule has 1 amide bonds. The summed E-state index contributed by atoms with van der Waals surface area (Å²) in [5.41, 5.74) is 5.33. The molecule has 0 aliphatic rings. The largest absolute Gasteiger partial charge is 0.478 e. The summed E-state index contributed by atoms with van der Waals surface area (Å²) in [7, 11) is 0. The van der Waals surface area contributed by atoms with Crippen LogP contribution in [0.1, 0.15) is 39.7 Å². The number of nitrogens with zero attached hydrogens (tertiary/aromatic N) is 2. The number of carbonyl (C=O) groups excluding carboxylic acids is 1. The monoisotopic (exact) mass is 309 g/mol. The van der Waals surface area contributed by atoms with Crippen molar-refractivity contribution in [1.82, 2.24) is 9.47 Å². The van der Waals surface area contributed by atoms with E-state index in [4.69, 9.17) is 10.5 Å². The summed E-state index contributed by atoms with van der Waals surface area (Å²) in [6.45, 7) is 7.58. The van der Waals surface area contributed by atoms with E-state index in [-0.39, 0.29) is 29.9 Å². The predicted molar refractivity (Wildman–Crippen MR) is 87.1 cm³/mol. The number of ether oxygens (including phenoxy) is 1. The van der Waals surface area contributed by atoms with Crippen LogP contribution in [0, 0.1) is 0 Å². The highest BCUT2D eigenvalue weighted by Gasteiger charge is 2.14. The number of pyridine rings is 1. The van der Waals surface area contributed by atoms with Gasteiger partial charge in [-0.25, -0.2) is 0 Å². The van der Waals surface area contributed by atoms with E-state index in [0.29, 0.717) is 19.6 Å². The third-order valence-corrected chi connectivity index (χ3v) is 3.45. The smallest absolute Gasteiger partial charge is 0.293 e. The van der Waals surface area contributed by atoms with Crippen molar-refractivity contribution < 1.29 is 9.53 Å². The molecule has 0 spiro atoms. The molecule has 0 radical (unpaired) electrons. The van der Waals surface area contributed by atoms with Crippen molar-refractivity contribution in [1.29, 1.82) is 0 Å². The van der Waals surface area contributed by atoms with Crippen LogP contribution in [0.2, 0.25) is 0 Å². The number of hydrogen-bond donors (Lipinski definition) is 1. The van der Waals surface area contributed by atoms with Crippen LogP contribution in [0.15, 0.2) is 23.1 Å². The fourth-order valence-corrected chi connectivity index (χ4v) is 2.19. The first-order valence-corrected chi connectivity index (χ1v) is 7.86. The van der Waals surface area contributed by atoms with Gasteiger partial charge in [0, 0.05) is 31.9 Å². The minimum atomic E-state index is -0.259. The maximum atomic E-state index is 12.3. The van der Waals surface area contributed by atoms with E-state index in [0.717, 1.165) is 12.8 Å². The molecule has 0 aliphatic carbocycles. The van der Waals surface area contributed by atoms with Crippen molar-refractivity contribution in [3.8, 4) is 5.75 Å². The van der Waals surface area contributed by atoms with Crippen molar-refractivity contribution in [3.63, 3.8) is 0 Å². The normalized spacial score (nSPS) is 12.0. The predicted octanol–water partition coefficient (Wildman–Crippen LogP) is 1.40. The molecule has 0 bridgehead atoms. The SMILES string of the molecule is CCCN(CCC)C(=O)COc1cccn(C(C)CN)c1=O. The van der Waals surface area contributed by atoms with Crippen LogP contribution in [-0.4, -0.2) is 41.6 Å². The van der Waals surface area contributed by atoms with Gasteiger partial charge in [0.2, 0.25) is 0 Å². The summed E-state index contributed by atoms with van der Waals surface area (Å²) in [6, 6.07) is 3.20.